The van der Waals surface area contributed by atoms with Crippen LogP contribution in [-0.4, -0.2) is 34.5 Å². The van der Waals surface area contributed by atoms with Gasteiger partial charge in [-0.25, -0.2) is 0 Å². The summed E-state index contributed by atoms with van der Waals surface area (Å²) in [7, 11) is 0. The van der Waals surface area contributed by atoms with Crippen LogP contribution in [0, 0.1) is 0 Å². The van der Waals surface area contributed by atoms with Crippen LogP contribution < -0.4 is 5.32 Å². The number of benzene rings is 1. The fraction of sp³-hybridized carbons (Fsp3) is 0.389. The molecule has 2 aliphatic rings. The van der Waals surface area contributed by atoms with E-state index in [1.807, 2.05) is 24.3 Å². The summed E-state index contributed by atoms with van der Waals surface area (Å²) in [6.07, 6.45) is 3.75. The Balaban J connectivity index is 1.77. The van der Waals surface area contributed by atoms with E-state index in [4.69, 9.17) is 4.52 Å². The van der Waals surface area contributed by atoms with Crippen molar-refractivity contribution in [2.75, 3.05) is 11.9 Å². The molecule has 0 saturated carbocycles. The van der Waals surface area contributed by atoms with E-state index >= 15 is 0 Å². The Morgan fingerprint density at radius 3 is 3.00 bits per heavy atom. The van der Waals surface area contributed by atoms with Crippen molar-refractivity contribution >= 4 is 17.5 Å². The summed E-state index contributed by atoms with van der Waals surface area (Å²) < 4.78 is 5.04. The molecule has 2 aliphatic heterocycles. The fourth-order valence-electron chi connectivity index (χ4n) is 4.19. The number of carbonyl (C=O) groups excluding carboxylic acids is 2. The summed E-state index contributed by atoms with van der Waals surface area (Å²) in [6.45, 7) is 2.60. The summed E-state index contributed by atoms with van der Waals surface area (Å²) in [6, 6.07) is 9.18. The number of amides is 2. The van der Waals surface area contributed by atoms with Crippen molar-refractivity contribution in [1.29, 1.82) is 0 Å². The van der Waals surface area contributed by atoms with Gasteiger partial charge >= 0.3 is 0 Å². The van der Waals surface area contributed by atoms with Crippen molar-refractivity contribution in [3.05, 3.63) is 47.9 Å². The molecule has 124 valence electrons. The van der Waals surface area contributed by atoms with Gasteiger partial charge in [-0.15, -0.1) is 0 Å². The molecule has 0 radical (unpaired) electrons. The first kappa shape index (κ1) is 14.9. The molecule has 0 unspecified atom stereocenters. The number of hydrogen-bond donors (Lipinski definition) is 1. The number of para-hydroxylation sites is 1. The lowest BCUT2D eigenvalue weighted by Crippen LogP contribution is -2.48. The van der Waals surface area contributed by atoms with E-state index in [1.54, 1.807) is 11.0 Å². The van der Waals surface area contributed by atoms with Crippen molar-refractivity contribution in [1.82, 2.24) is 10.1 Å². The molecule has 1 spiro atoms. The second-order valence-electron chi connectivity index (χ2n) is 6.40. The van der Waals surface area contributed by atoms with Gasteiger partial charge in [-0.2, -0.15) is 0 Å². The first-order valence-corrected chi connectivity index (χ1v) is 8.31. The molecule has 2 atom stereocenters. The lowest BCUT2D eigenvalue weighted by atomic mass is 9.73. The molecule has 0 bridgehead atoms. The summed E-state index contributed by atoms with van der Waals surface area (Å²) in [5.74, 6) is 0.0230. The second kappa shape index (κ2) is 5.47. The summed E-state index contributed by atoms with van der Waals surface area (Å²) in [4.78, 5) is 27.5. The number of fused-ring (bicyclic) bond motifs is 2. The van der Waals surface area contributed by atoms with Gasteiger partial charge in [-0.1, -0.05) is 36.7 Å². The number of nitrogens with zero attached hydrogens (tertiary/aromatic N) is 2. The maximum absolute atomic E-state index is 12.9. The maximum atomic E-state index is 12.9. The van der Waals surface area contributed by atoms with Gasteiger partial charge < -0.3 is 14.7 Å². The van der Waals surface area contributed by atoms with Gasteiger partial charge in [0.2, 0.25) is 11.7 Å². The molecule has 1 aromatic carbocycles. The molecule has 1 aromatic heterocycles. The van der Waals surface area contributed by atoms with Crippen LogP contribution in [0.1, 0.15) is 42.3 Å². The molecule has 1 N–H and O–H groups in total. The highest BCUT2D eigenvalue weighted by Crippen LogP contribution is 2.49. The van der Waals surface area contributed by atoms with E-state index in [9.17, 15) is 9.59 Å². The fourth-order valence-corrected chi connectivity index (χ4v) is 4.19. The van der Waals surface area contributed by atoms with Crippen molar-refractivity contribution < 1.29 is 14.1 Å². The standard InChI is InChI=1S/C18H19N3O3/c1-2-5-15-18(12-6-3-4-7-13(12)20-17(18)23)9-11-21(15)16(22)14-8-10-19-24-14/h3-4,6-8,10,15H,2,5,9,11H2,1H3,(H,20,23)/t15-,18-/m0/s1. The number of rotatable bonds is 3. The van der Waals surface area contributed by atoms with Crippen LogP contribution >= 0.6 is 0 Å². The molecule has 6 heteroatoms. The lowest BCUT2D eigenvalue weighted by Gasteiger charge is -2.33. The number of hydrogen-bond acceptors (Lipinski definition) is 4. The van der Waals surface area contributed by atoms with E-state index < -0.39 is 5.41 Å². The predicted molar refractivity (Wildman–Crippen MR) is 87.6 cm³/mol. The van der Waals surface area contributed by atoms with Crippen LogP contribution in [0.15, 0.2) is 41.1 Å². The van der Waals surface area contributed by atoms with Crippen LogP contribution in [-0.2, 0) is 10.2 Å². The number of anilines is 1. The molecular formula is C18H19N3O3. The third-order valence-electron chi connectivity index (χ3n) is 5.22. The van der Waals surface area contributed by atoms with E-state index in [1.165, 1.54) is 6.20 Å². The Hall–Kier alpha value is -2.63. The van der Waals surface area contributed by atoms with Crippen molar-refractivity contribution in [3.63, 3.8) is 0 Å². The number of aromatic nitrogens is 1. The molecule has 3 heterocycles. The first-order valence-electron chi connectivity index (χ1n) is 8.31. The summed E-state index contributed by atoms with van der Waals surface area (Å²) in [5.41, 5.74) is 1.20. The van der Waals surface area contributed by atoms with Crippen LogP contribution in [0.25, 0.3) is 0 Å². The minimum absolute atomic E-state index is 0.00461. The first-order chi connectivity index (χ1) is 11.7. The Morgan fingerprint density at radius 1 is 1.42 bits per heavy atom. The lowest BCUT2D eigenvalue weighted by molar-refractivity contribution is -0.121. The zero-order valence-electron chi connectivity index (χ0n) is 13.5. The van der Waals surface area contributed by atoms with Crippen molar-refractivity contribution in [2.24, 2.45) is 0 Å². The van der Waals surface area contributed by atoms with Gasteiger partial charge in [0.05, 0.1) is 17.7 Å². The van der Waals surface area contributed by atoms with Gasteiger partial charge in [0, 0.05) is 18.3 Å². The van der Waals surface area contributed by atoms with Crippen LogP contribution in [0.5, 0.6) is 0 Å². The quantitative estimate of drug-likeness (QED) is 0.941. The highest BCUT2D eigenvalue weighted by atomic mass is 16.5. The zero-order valence-corrected chi connectivity index (χ0v) is 13.5. The molecule has 24 heavy (non-hydrogen) atoms. The Morgan fingerprint density at radius 2 is 2.25 bits per heavy atom. The van der Waals surface area contributed by atoms with Crippen molar-refractivity contribution in [3.8, 4) is 0 Å². The van der Waals surface area contributed by atoms with Crippen LogP contribution in [0.4, 0.5) is 5.69 Å². The number of nitrogens with one attached hydrogen (secondary N) is 1. The maximum Gasteiger partial charge on any atom is 0.292 e. The molecule has 1 fully saturated rings. The van der Waals surface area contributed by atoms with Gasteiger partial charge in [0.15, 0.2) is 0 Å². The normalized spacial score (nSPS) is 25.1. The zero-order chi connectivity index (χ0) is 16.7. The average Bonchev–Trinajstić information content (AvgIpc) is 3.29. The topological polar surface area (TPSA) is 75.4 Å². The van der Waals surface area contributed by atoms with Crippen LogP contribution in [0.3, 0.4) is 0 Å². The Labute approximate surface area is 139 Å². The second-order valence-corrected chi connectivity index (χ2v) is 6.40. The average molecular weight is 325 g/mol. The third-order valence-corrected chi connectivity index (χ3v) is 5.22. The van der Waals surface area contributed by atoms with E-state index in [0.717, 1.165) is 24.1 Å². The van der Waals surface area contributed by atoms with E-state index in [2.05, 4.69) is 17.4 Å². The molecule has 1 saturated heterocycles. The highest BCUT2D eigenvalue weighted by Gasteiger charge is 2.58. The predicted octanol–water partition coefficient (Wildman–Crippen LogP) is 2.58. The summed E-state index contributed by atoms with van der Waals surface area (Å²) in [5, 5.41) is 6.62. The van der Waals surface area contributed by atoms with Gasteiger partial charge in [0.25, 0.3) is 5.91 Å². The number of likely N-dealkylation sites (tertiary alicyclic amines) is 1. The molecule has 2 aromatic rings. The smallest absolute Gasteiger partial charge is 0.292 e. The highest BCUT2D eigenvalue weighted by molar-refractivity contribution is 6.08. The number of carbonyl (C=O) groups is 2. The molecule has 6 nitrogen and oxygen atoms in total. The molecule has 4 rings (SSSR count). The molecular weight excluding hydrogens is 306 g/mol. The molecule has 0 aliphatic carbocycles. The monoisotopic (exact) mass is 325 g/mol. The third kappa shape index (κ3) is 1.92. The van der Waals surface area contributed by atoms with Crippen molar-refractivity contribution in [2.45, 2.75) is 37.6 Å². The van der Waals surface area contributed by atoms with Gasteiger partial charge in [-0.3, -0.25) is 9.59 Å². The van der Waals surface area contributed by atoms with Crippen LogP contribution in [0.2, 0.25) is 0 Å². The minimum Gasteiger partial charge on any atom is -0.351 e. The van der Waals surface area contributed by atoms with E-state index in [0.29, 0.717) is 13.0 Å². The summed E-state index contributed by atoms with van der Waals surface area (Å²) >= 11 is 0. The van der Waals surface area contributed by atoms with Gasteiger partial charge in [0.1, 0.15) is 0 Å². The van der Waals surface area contributed by atoms with Gasteiger partial charge in [-0.05, 0) is 24.5 Å². The molecule has 2 amide bonds. The SMILES string of the molecule is CCC[C@@H]1N(C(=O)c2ccno2)CC[C@@]12C(=O)Nc1ccccc12. The Kier molecular flexibility index (Phi) is 3.40. The minimum atomic E-state index is -0.664. The van der Waals surface area contributed by atoms with E-state index in [-0.39, 0.29) is 23.6 Å². The largest absolute Gasteiger partial charge is 0.351 e. The Bertz CT molecular complexity index is 787.